The molecule has 0 saturated heterocycles. The normalized spacial score (nSPS) is 18.3. The number of aromatic nitrogens is 3. The number of aryl methyl sites for hydroxylation is 2. The first-order valence-electron chi connectivity index (χ1n) is 13.9. The van der Waals surface area contributed by atoms with E-state index in [-0.39, 0.29) is 0 Å². The van der Waals surface area contributed by atoms with E-state index in [1.54, 1.807) is 0 Å². The van der Waals surface area contributed by atoms with Gasteiger partial charge in [-0.15, -0.1) is 0 Å². The highest BCUT2D eigenvalue weighted by Crippen LogP contribution is 2.41. The number of nitrogens with zero attached hydrogens (tertiary/aromatic N) is 3. The van der Waals surface area contributed by atoms with Crippen molar-refractivity contribution >= 4 is 38.5 Å². The Morgan fingerprint density at radius 1 is 0.800 bits per heavy atom. The van der Waals surface area contributed by atoms with Gasteiger partial charge in [0.15, 0.2) is 11.0 Å². The highest BCUT2D eigenvalue weighted by atomic mass is 15.1. The maximum absolute atomic E-state index is 5.05. The van der Waals surface area contributed by atoms with Crippen LogP contribution in [0.15, 0.2) is 48.7 Å². The predicted octanol–water partition coefficient (Wildman–Crippen LogP) is 8.02. The summed E-state index contributed by atoms with van der Waals surface area (Å²) in [6.07, 6.45) is 15.5. The Labute approximate surface area is 207 Å². The third-order valence-electron chi connectivity index (χ3n) is 9.19. The monoisotopic (exact) mass is 462 g/mol. The van der Waals surface area contributed by atoms with Crippen molar-refractivity contribution in [3.63, 3.8) is 0 Å². The van der Waals surface area contributed by atoms with Crippen LogP contribution in [0.5, 0.6) is 0 Å². The number of hydrogen-bond acceptors (Lipinski definition) is 1. The van der Waals surface area contributed by atoms with E-state index < -0.39 is 0 Å². The minimum atomic E-state index is 0.642. The summed E-state index contributed by atoms with van der Waals surface area (Å²) in [4.78, 5) is 5.05. The molecule has 7 rings (SSSR count). The number of hydrogen-bond donors (Lipinski definition) is 0. The van der Waals surface area contributed by atoms with Crippen molar-refractivity contribution in [1.29, 1.82) is 0 Å². The Kier molecular flexibility index (Phi) is 5.08. The molecular weight excluding hydrogens is 426 g/mol. The van der Waals surface area contributed by atoms with E-state index in [2.05, 4.69) is 65.4 Å². The van der Waals surface area contributed by atoms with Crippen molar-refractivity contribution in [2.24, 2.45) is 7.05 Å². The van der Waals surface area contributed by atoms with Crippen LogP contribution < -0.4 is 4.57 Å². The zero-order valence-electron chi connectivity index (χ0n) is 21.2. The van der Waals surface area contributed by atoms with Crippen LogP contribution in [0, 0.1) is 6.92 Å². The molecule has 35 heavy (non-hydrogen) atoms. The average molecular weight is 463 g/mol. The van der Waals surface area contributed by atoms with E-state index in [0.717, 1.165) is 0 Å². The first-order chi connectivity index (χ1) is 17.2. The van der Waals surface area contributed by atoms with Crippen LogP contribution in [0.1, 0.15) is 92.7 Å². The van der Waals surface area contributed by atoms with Crippen LogP contribution in [0.25, 0.3) is 38.5 Å². The van der Waals surface area contributed by atoms with E-state index in [0.29, 0.717) is 11.8 Å². The van der Waals surface area contributed by atoms with Gasteiger partial charge in [0, 0.05) is 6.20 Å². The third kappa shape index (κ3) is 3.23. The maximum atomic E-state index is 5.05. The minimum absolute atomic E-state index is 0.642. The lowest BCUT2D eigenvalue weighted by Crippen LogP contribution is -2.27. The predicted molar refractivity (Wildman–Crippen MR) is 145 cm³/mol. The van der Waals surface area contributed by atoms with Crippen LogP contribution in [-0.4, -0.2) is 9.38 Å². The van der Waals surface area contributed by atoms with Crippen LogP contribution in [0.2, 0.25) is 0 Å². The van der Waals surface area contributed by atoms with Gasteiger partial charge in [-0.3, -0.25) is 4.98 Å². The second kappa shape index (κ2) is 8.33. The van der Waals surface area contributed by atoms with Gasteiger partial charge in [-0.25, -0.2) is 4.57 Å². The van der Waals surface area contributed by atoms with Gasteiger partial charge in [-0.05, 0) is 85.4 Å². The first-order valence-corrected chi connectivity index (χ1v) is 13.9. The van der Waals surface area contributed by atoms with Crippen molar-refractivity contribution in [2.75, 3.05) is 0 Å². The lowest BCUT2D eigenvalue weighted by molar-refractivity contribution is -0.617. The van der Waals surface area contributed by atoms with Crippen molar-refractivity contribution in [2.45, 2.75) is 83.0 Å². The van der Waals surface area contributed by atoms with Crippen LogP contribution in [0.3, 0.4) is 0 Å². The molecule has 2 aromatic carbocycles. The topological polar surface area (TPSA) is 21.2 Å². The SMILES string of the molecule is Cc1ccnc2c3c(C4CCCCC4)cccc3n3c4cc(C5CCCCC5)ccc4[n+](C)c3c12. The molecule has 0 bridgehead atoms. The summed E-state index contributed by atoms with van der Waals surface area (Å²) in [5.41, 5.74) is 10.8. The molecule has 178 valence electrons. The molecule has 0 aliphatic heterocycles. The number of pyridine rings is 2. The molecule has 0 amide bonds. The van der Waals surface area contributed by atoms with E-state index in [9.17, 15) is 0 Å². The molecule has 0 atom stereocenters. The van der Waals surface area contributed by atoms with E-state index in [1.807, 2.05) is 6.20 Å². The van der Waals surface area contributed by atoms with Crippen LogP contribution >= 0.6 is 0 Å². The van der Waals surface area contributed by atoms with Gasteiger partial charge in [0.25, 0.3) is 5.65 Å². The molecule has 3 heteroatoms. The Balaban J connectivity index is 1.62. The summed E-state index contributed by atoms with van der Waals surface area (Å²) in [5.74, 6) is 1.35. The number of fused-ring (bicyclic) bond motifs is 8. The summed E-state index contributed by atoms with van der Waals surface area (Å²) >= 11 is 0. The van der Waals surface area contributed by atoms with Crippen molar-refractivity contribution in [3.05, 3.63) is 65.4 Å². The molecule has 2 saturated carbocycles. The standard InChI is InChI=1S/C32H36N3/c1-21-18-19-33-31-29(21)32-34(2)26-17-16-24(22-10-5-3-6-11-22)20-28(26)35(32)27-15-9-14-25(30(27)31)23-12-7-4-8-13-23/h9,14-20,22-23H,3-8,10-13H2,1-2H3/q+1. The summed E-state index contributed by atoms with van der Waals surface area (Å²) in [7, 11) is 2.24. The van der Waals surface area contributed by atoms with Crippen molar-refractivity contribution in [3.8, 4) is 0 Å². The molecule has 0 unspecified atom stereocenters. The largest absolute Gasteiger partial charge is 0.297 e. The van der Waals surface area contributed by atoms with Crippen molar-refractivity contribution in [1.82, 2.24) is 9.38 Å². The van der Waals surface area contributed by atoms with Crippen LogP contribution in [-0.2, 0) is 7.05 Å². The van der Waals surface area contributed by atoms with E-state index >= 15 is 0 Å². The first kappa shape index (κ1) is 21.4. The molecular formula is C32H36N3+. The molecule has 2 aliphatic rings. The molecule has 2 aliphatic carbocycles. The fourth-order valence-electron chi connectivity index (χ4n) is 7.38. The maximum Gasteiger partial charge on any atom is 0.297 e. The number of benzene rings is 2. The highest BCUT2D eigenvalue weighted by Gasteiger charge is 2.29. The Morgan fingerprint density at radius 2 is 1.54 bits per heavy atom. The molecule has 3 heterocycles. The van der Waals surface area contributed by atoms with Crippen molar-refractivity contribution < 1.29 is 4.57 Å². The van der Waals surface area contributed by atoms with Gasteiger partial charge < -0.3 is 0 Å². The summed E-state index contributed by atoms with van der Waals surface area (Å²) in [5, 5.41) is 2.69. The van der Waals surface area contributed by atoms with Gasteiger partial charge in [0.1, 0.15) is 5.52 Å². The Morgan fingerprint density at radius 3 is 2.31 bits per heavy atom. The fraction of sp³-hybridized carbons (Fsp3) is 0.438. The Bertz CT molecular complexity index is 1580. The summed E-state index contributed by atoms with van der Waals surface area (Å²) in [6, 6.07) is 16.5. The molecule has 0 N–H and O–H groups in total. The number of rotatable bonds is 2. The second-order valence-corrected chi connectivity index (χ2v) is 11.2. The zero-order chi connectivity index (χ0) is 23.5. The third-order valence-corrected chi connectivity index (χ3v) is 9.19. The highest BCUT2D eigenvalue weighted by molar-refractivity contribution is 6.13. The fourth-order valence-corrected chi connectivity index (χ4v) is 7.38. The molecule has 3 aromatic heterocycles. The van der Waals surface area contributed by atoms with Gasteiger partial charge in [-0.2, -0.15) is 4.40 Å². The summed E-state index contributed by atoms with van der Waals surface area (Å²) in [6.45, 7) is 2.25. The molecule has 0 radical (unpaired) electrons. The van der Waals surface area contributed by atoms with Gasteiger partial charge in [0.2, 0.25) is 0 Å². The molecule has 2 fully saturated rings. The molecule has 0 spiro atoms. The minimum Gasteiger partial charge on any atom is -0.255 e. The van der Waals surface area contributed by atoms with E-state index in [1.165, 1.54) is 119 Å². The van der Waals surface area contributed by atoms with Gasteiger partial charge in [-0.1, -0.05) is 56.7 Å². The quantitative estimate of drug-likeness (QED) is 0.192. The zero-order valence-corrected chi connectivity index (χ0v) is 21.2. The van der Waals surface area contributed by atoms with E-state index in [4.69, 9.17) is 4.98 Å². The second-order valence-electron chi connectivity index (χ2n) is 11.2. The van der Waals surface area contributed by atoms with Crippen LogP contribution in [0.4, 0.5) is 0 Å². The number of imidazole rings is 1. The van der Waals surface area contributed by atoms with Gasteiger partial charge in [0.05, 0.1) is 23.3 Å². The summed E-state index contributed by atoms with van der Waals surface area (Å²) < 4.78 is 4.98. The average Bonchev–Trinajstić information content (AvgIpc) is 3.21. The lowest BCUT2D eigenvalue weighted by Gasteiger charge is -2.23. The lowest BCUT2D eigenvalue weighted by atomic mass is 9.82. The van der Waals surface area contributed by atoms with Gasteiger partial charge >= 0.3 is 0 Å². The Hall–Kier alpha value is -2.94. The smallest absolute Gasteiger partial charge is 0.255 e. The molecule has 3 nitrogen and oxygen atoms in total. The molecule has 5 aromatic rings.